The first-order valence-electron chi connectivity index (χ1n) is 10.7. The van der Waals surface area contributed by atoms with Crippen LogP contribution < -0.4 is 10.3 Å². The predicted octanol–water partition coefficient (Wildman–Crippen LogP) is 3.28. The van der Waals surface area contributed by atoms with Gasteiger partial charge in [0.1, 0.15) is 5.41 Å². The molecule has 0 aliphatic heterocycles. The van der Waals surface area contributed by atoms with Gasteiger partial charge >= 0.3 is 0 Å². The highest BCUT2D eigenvalue weighted by atomic mass is 32.2. The highest BCUT2D eigenvalue weighted by Gasteiger charge is 2.73. The average molecular weight is 451 g/mol. The summed E-state index contributed by atoms with van der Waals surface area (Å²) < 4.78 is 25.5. The normalized spacial score (nSPS) is 25.6. The van der Waals surface area contributed by atoms with Gasteiger partial charge in [-0.15, -0.1) is 4.83 Å². The molecule has 166 valence electrons. The van der Waals surface area contributed by atoms with Crippen LogP contribution in [0.25, 0.3) is 11.0 Å². The summed E-state index contributed by atoms with van der Waals surface area (Å²) in [5, 5.41) is 0. The number of carbonyl (C=O) groups excluding carboxylic acids is 1. The second kappa shape index (κ2) is 6.59. The van der Waals surface area contributed by atoms with Gasteiger partial charge in [0.15, 0.2) is 0 Å². The molecule has 3 aromatic rings. The first kappa shape index (κ1) is 21.0. The van der Waals surface area contributed by atoms with Gasteiger partial charge in [-0.3, -0.25) is 10.2 Å². The largest absolute Gasteiger partial charge is 0.277 e. The molecule has 7 nitrogen and oxygen atoms in total. The van der Waals surface area contributed by atoms with Crippen molar-refractivity contribution in [1.82, 2.24) is 20.2 Å². The smallest absolute Gasteiger partial charge is 0.257 e. The van der Waals surface area contributed by atoms with Crippen LogP contribution in [0.1, 0.15) is 50.6 Å². The molecule has 2 aliphatic carbocycles. The van der Waals surface area contributed by atoms with E-state index in [0.717, 1.165) is 28.7 Å². The van der Waals surface area contributed by atoms with Gasteiger partial charge in [0, 0.05) is 5.41 Å². The number of sulfonamides is 1. The number of para-hydroxylation sites is 2. The van der Waals surface area contributed by atoms with Crippen molar-refractivity contribution in [2.24, 2.45) is 5.41 Å². The Bertz CT molecular complexity index is 1370. The SMILES string of the molecule is Cc1ccc(S(=O)(=O)NNC(=O)C23CCC(C)(c4nc5ccccc5nc42)C3(C)C)cc1. The van der Waals surface area contributed by atoms with Gasteiger partial charge in [-0.05, 0) is 49.4 Å². The molecule has 2 atom stereocenters. The third kappa shape index (κ3) is 2.56. The standard InChI is InChI=1S/C24H26N4O3S/c1-15-9-11-16(12-10-15)32(30,31)28-27-21(29)24-14-13-23(4,22(24,2)3)19-20(24)26-18-8-6-5-7-17(18)25-19/h5-12,28H,13-14H2,1-4H3,(H,27,29). The monoisotopic (exact) mass is 450 g/mol. The van der Waals surface area contributed by atoms with E-state index in [2.05, 4.69) is 31.0 Å². The first-order valence-corrected chi connectivity index (χ1v) is 12.2. The summed E-state index contributed by atoms with van der Waals surface area (Å²) in [6, 6.07) is 14.1. The predicted molar refractivity (Wildman–Crippen MR) is 121 cm³/mol. The number of benzene rings is 2. The fourth-order valence-electron chi connectivity index (χ4n) is 5.55. The Morgan fingerprint density at radius 3 is 2.12 bits per heavy atom. The van der Waals surface area contributed by atoms with Gasteiger partial charge in [-0.2, -0.15) is 0 Å². The van der Waals surface area contributed by atoms with E-state index >= 15 is 0 Å². The molecule has 5 rings (SSSR count). The van der Waals surface area contributed by atoms with Crippen molar-refractivity contribution in [3.63, 3.8) is 0 Å². The molecule has 2 unspecified atom stereocenters. The molecule has 8 heteroatoms. The summed E-state index contributed by atoms with van der Waals surface area (Å²) in [6.07, 6.45) is 1.35. The van der Waals surface area contributed by atoms with Crippen molar-refractivity contribution in [3.05, 3.63) is 65.5 Å². The van der Waals surface area contributed by atoms with Gasteiger partial charge in [0.05, 0.1) is 27.3 Å². The molecule has 1 amide bonds. The Kier molecular flexibility index (Phi) is 4.33. The van der Waals surface area contributed by atoms with Gasteiger partial charge < -0.3 is 0 Å². The number of nitrogens with one attached hydrogen (secondary N) is 2. The highest BCUT2D eigenvalue weighted by Crippen LogP contribution is 2.70. The van der Waals surface area contributed by atoms with Crippen LogP contribution in [0.15, 0.2) is 53.4 Å². The molecular weight excluding hydrogens is 424 g/mol. The number of rotatable bonds is 4. The lowest BCUT2D eigenvalue weighted by Gasteiger charge is -2.39. The van der Waals surface area contributed by atoms with Crippen molar-refractivity contribution in [1.29, 1.82) is 0 Å². The number of fused-ring (bicyclic) bond motifs is 6. The minimum absolute atomic E-state index is 0.0917. The molecule has 2 aliphatic rings. The Hall–Kier alpha value is -2.84. The fourth-order valence-corrected chi connectivity index (χ4v) is 6.39. The maximum Gasteiger partial charge on any atom is 0.257 e. The molecule has 32 heavy (non-hydrogen) atoms. The summed E-state index contributed by atoms with van der Waals surface area (Å²) in [5.41, 5.74) is 4.66. The lowest BCUT2D eigenvalue weighted by atomic mass is 9.63. The molecule has 0 radical (unpaired) electrons. The van der Waals surface area contributed by atoms with Crippen molar-refractivity contribution in [3.8, 4) is 0 Å². The fraction of sp³-hybridized carbons (Fsp3) is 0.375. The van der Waals surface area contributed by atoms with Gasteiger partial charge in [-0.25, -0.2) is 18.4 Å². The minimum Gasteiger partial charge on any atom is -0.277 e. The van der Waals surface area contributed by atoms with Gasteiger partial charge in [0.2, 0.25) is 5.91 Å². The molecule has 1 aromatic heterocycles. The number of carbonyl (C=O) groups is 1. The van der Waals surface area contributed by atoms with Crippen LogP contribution in [0, 0.1) is 12.3 Å². The van der Waals surface area contributed by atoms with Gasteiger partial charge in [-0.1, -0.05) is 50.6 Å². The second-order valence-electron chi connectivity index (χ2n) is 9.64. The van der Waals surface area contributed by atoms with E-state index in [9.17, 15) is 13.2 Å². The van der Waals surface area contributed by atoms with E-state index in [1.165, 1.54) is 12.1 Å². The number of hydrogen-bond acceptors (Lipinski definition) is 5. The van der Waals surface area contributed by atoms with Crippen molar-refractivity contribution < 1.29 is 13.2 Å². The van der Waals surface area contributed by atoms with E-state index in [0.29, 0.717) is 12.1 Å². The number of hydrogen-bond donors (Lipinski definition) is 2. The van der Waals surface area contributed by atoms with Crippen LogP contribution in [0.4, 0.5) is 0 Å². The topological polar surface area (TPSA) is 101 Å². The molecule has 2 bridgehead atoms. The minimum atomic E-state index is -3.91. The molecule has 0 spiro atoms. The lowest BCUT2D eigenvalue weighted by molar-refractivity contribution is -0.131. The number of aryl methyl sites for hydroxylation is 1. The van der Waals surface area contributed by atoms with E-state index in [-0.39, 0.29) is 10.3 Å². The summed E-state index contributed by atoms with van der Waals surface area (Å²) in [4.78, 5) is 25.9. The molecule has 0 saturated heterocycles. The van der Waals surface area contributed by atoms with Crippen LogP contribution in [0.3, 0.4) is 0 Å². The quantitative estimate of drug-likeness (QED) is 0.594. The van der Waals surface area contributed by atoms with Crippen LogP contribution >= 0.6 is 0 Å². The maximum absolute atomic E-state index is 13.7. The maximum atomic E-state index is 13.7. The Morgan fingerprint density at radius 1 is 0.906 bits per heavy atom. The Morgan fingerprint density at radius 2 is 1.50 bits per heavy atom. The van der Waals surface area contributed by atoms with Crippen LogP contribution in [-0.4, -0.2) is 24.3 Å². The van der Waals surface area contributed by atoms with Crippen molar-refractivity contribution in [2.75, 3.05) is 0 Å². The summed E-state index contributed by atoms with van der Waals surface area (Å²) >= 11 is 0. The van der Waals surface area contributed by atoms with E-state index < -0.39 is 26.8 Å². The zero-order valence-electron chi connectivity index (χ0n) is 18.6. The zero-order chi connectivity index (χ0) is 22.9. The lowest BCUT2D eigenvalue weighted by Crippen LogP contribution is -2.55. The molecule has 1 saturated carbocycles. The Balaban J connectivity index is 1.55. The average Bonchev–Trinajstić information content (AvgIpc) is 3.06. The third-order valence-corrected chi connectivity index (χ3v) is 9.23. The van der Waals surface area contributed by atoms with E-state index in [1.807, 2.05) is 31.2 Å². The summed E-state index contributed by atoms with van der Waals surface area (Å²) in [5.74, 6) is -0.398. The molecule has 1 fully saturated rings. The van der Waals surface area contributed by atoms with Crippen molar-refractivity contribution in [2.45, 2.75) is 56.3 Å². The summed E-state index contributed by atoms with van der Waals surface area (Å²) in [6.45, 7) is 8.13. The number of nitrogens with zero attached hydrogens (tertiary/aromatic N) is 2. The number of amides is 1. The van der Waals surface area contributed by atoms with Crippen LogP contribution in [-0.2, 0) is 25.6 Å². The summed E-state index contributed by atoms with van der Waals surface area (Å²) in [7, 11) is -3.91. The van der Waals surface area contributed by atoms with Crippen molar-refractivity contribution >= 4 is 27.0 Å². The van der Waals surface area contributed by atoms with E-state index in [4.69, 9.17) is 9.97 Å². The molecule has 2 N–H and O–H groups in total. The van der Waals surface area contributed by atoms with Crippen LogP contribution in [0.2, 0.25) is 0 Å². The molecular formula is C24H26N4O3S. The number of aromatic nitrogens is 2. The Labute approximate surface area is 187 Å². The number of hydrazine groups is 1. The zero-order valence-corrected chi connectivity index (χ0v) is 19.4. The second-order valence-corrected chi connectivity index (χ2v) is 11.3. The molecule has 2 aromatic carbocycles. The highest BCUT2D eigenvalue weighted by molar-refractivity contribution is 7.89. The third-order valence-electron chi connectivity index (χ3n) is 7.96. The molecule has 1 heterocycles. The first-order chi connectivity index (χ1) is 15.0. The van der Waals surface area contributed by atoms with Crippen LogP contribution in [0.5, 0.6) is 0 Å². The van der Waals surface area contributed by atoms with E-state index in [1.54, 1.807) is 12.1 Å². The van der Waals surface area contributed by atoms with Gasteiger partial charge in [0.25, 0.3) is 10.0 Å².